The number of anilines is 1. The van der Waals surface area contributed by atoms with Crippen molar-refractivity contribution < 1.29 is 37.0 Å². The highest BCUT2D eigenvalue weighted by Crippen LogP contribution is 2.47. The van der Waals surface area contributed by atoms with Crippen LogP contribution < -0.4 is 16.5 Å². The second-order valence-corrected chi connectivity index (χ2v) is 11.9. The monoisotopic (exact) mass is 542 g/mol. The van der Waals surface area contributed by atoms with Gasteiger partial charge in [-0.3, -0.25) is 18.4 Å². The lowest BCUT2D eigenvalue weighted by Gasteiger charge is -2.22. The molecule has 15 heteroatoms. The molecule has 1 fully saturated rings. The van der Waals surface area contributed by atoms with Crippen molar-refractivity contribution in [3.63, 3.8) is 0 Å². The average Bonchev–Trinajstić information content (AvgIpc) is 2.98. The normalized spacial score (nSPS) is 23.8. The number of aliphatic hydroxyl groups excluding tert-OH is 1. The molecule has 35 heavy (non-hydrogen) atoms. The van der Waals surface area contributed by atoms with Crippen LogP contribution in [0.3, 0.4) is 0 Å². The predicted octanol–water partition coefficient (Wildman–Crippen LogP) is 2.56. The zero-order valence-corrected chi connectivity index (χ0v) is 21.8. The van der Waals surface area contributed by atoms with Crippen LogP contribution in [0.2, 0.25) is 0 Å². The molecule has 4 N–H and O–H groups in total. The number of hydrogen-bond donors (Lipinski definition) is 3. The maximum absolute atomic E-state index is 14.7. The number of aliphatic hydroxyl groups is 1. The van der Waals surface area contributed by atoms with Gasteiger partial charge in [0, 0.05) is 23.9 Å². The van der Waals surface area contributed by atoms with Crippen LogP contribution in [0, 0.1) is 5.41 Å². The van der Waals surface area contributed by atoms with E-state index >= 15 is 0 Å². The first kappa shape index (κ1) is 29.8. The van der Waals surface area contributed by atoms with E-state index < -0.39 is 49.8 Å². The number of aromatic nitrogens is 2. The predicted molar refractivity (Wildman–Crippen MR) is 127 cm³/mol. The zero-order valence-electron chi connectivity index (χ0n) is 20.1. The third-order valence-corrected chi connectivity index (χ3v) is 7.79. The van der Waals surface area contributed by atoms with Gasteiger partial charge in [-0.1, -0.05) is 45.9 Å². The van der Waals surface area contributed by atoms with Gasteiger partial charge in [0.1, 0.15) is 11.9 Å². The molecule has 0 aliphatic carbocycles. The average molecular weight is 543 g/mol. The highest BCUT2D eigenvalue weighted by molar-refractivity contribution is 8.13. The molecule has 1 aliphatic rings. The molecule has 0 spiro atoms. The molecule has 0 saturated carbocycles. The molecular weight excluding hydrogens is 509 g/mol. The number of nitrogens with zero attached hydrogens (tertiary/aromatic N) is 2. The Hall–Kier alpha value is -1.41. The SMILES string of the molecule is CCCCNP(=O)(OCCSC(=O)C(C)(C)C)OC[C@H]1O[C@@H](n2ccc(N)nc2=O)C(F)(F)[C@@H]1O. The minimum Gasteiger partial charge on any atom is -0.384 e. The first-order valence-electron chi connectivity index (χ1n) is 11.1. The molecule has 2 rings (SSSR count). The fourth-order valence-electron chi connectivity index (χ4n) is 2.91. The summed E-state index contributed by atoms with van der Waals surface area (Å²) >= 11 is 1.02. The number of nitrogens with one attached hydrogen (secondary N) is 1. The van der Waals surface area contributed by atoms with Crippen molar-refractivity contribution >= 4 is 30.4 Å². The molecular formula is C20H33F2N4O7PS. The van der Waals surface area contributed by atoms with Crippen LogP contribution in [0.15, 0.2) is 17.1 Å². The molecule has 1 unspecified atom stereocenters. The topological polar surface area (TPSA) is 155 Å². The van der Waals surface area contributed by atoms with Gasteiger partial charge in [0.15, 0.2) is 11.2 Å². The van der Waals surface area contributed by atoms with Crippen LogP contribution in [-0.4, -0.2) is 63.4 Å². The summed E-state index contributed by atoms with van der Waals surface area (Å²) in [6.45, 7) is 6.68. The van der Waals surface area contributed by atoms with E-state index in [1.807, 2.05) is 6.92 Å². The second-order valence-electron chi connectivity index (χ2n) is 8.96. The van der Waals surface area contributed by atoms with E-state index in [0.29, 0.717) is 11.0 Å². The first-order valence-corrected chi connectivity index (χ1v) is 13.6. The maximum atomic E-state index is 14.7. The number of alkyl halides is 2. The molecule has 11 nitrogen and oxygen atoms in total. The van der Waals surface area contributed by atoms with E-state index in [2.05, 4.69) is 10.1 Å². The van der Waals surface area contributed by atoms with Crippen LogP contribution in [0.4, 0.5) is 14.6 Å². The summed E-state index contributed by atoms with van der Waals surface area (Å²) in [5.74, 6) is -3.83. The lowest BCUT2D eigenvalue weighted by molar-refractivity contribution is -0.140. The Labute approximate surface area is 206 Å². The molecule has 2 heterocycles. The zero-order chi connectivity index (χ0) is 26.4. The summed E-state index contributed by atoms with van der Waals surface area (Å²) in [7, 11) is -3.99. The van der Waals surface area contributed by atoms with Gasteiger partial charge in [0.2, 0.25) is 6.23 Å². The standard InChI is InChI=1S/C20H33F2N4O7PS/c1-5-6-8-24-34(30,31-10-11-35-17(28)19(2,3)4)32-12-13-15(27)20(21,22)16(33-13)26-9-7-14(23)25-18(26)29/h7,9,13,15-16,27H,5-6,8,10-12H2,1-4H3,(H,24,30)(H2,23,25,29)/t13-,15-,16-,34?/m1/s1. The van der Waals surface area contributed by atoms with Gasteiger partial charge >= 0.3 is 19.4 Å². The van der Waals surface area contributed by atoms with Gasteiger partial charge in [0.25, 0.3) is 0 Å². The van der Waals surface area contributed by atoms with Crippen molar-refractivity contribution in [3.8, 4) is 0 Å². The van der Waals surface area contributed by atoms with E-state index in [1.165, 1.54) is 0 Å². The lowest BCUT2D eigenvalue weighted by atomic mass is 10.00. The van der Waals surface area contributed by atoms with Crippen LogP contribution >= 0.6 is 19.5 Å². The molecule has 1 saturated heterocycles. The Morgan fingerprint density at radius 1 is 1.43 bits per heavy atom. The number of hydrogen-bond acceptors (Lipinski definition) is 10. The smallest absolute Gasteiger partial charge is 0.384 e. The van der Waals surface area contributed by atoms with Gasteiger partial charge < -0.3 is 15.6 Å². The van der Waals surface area contributed by atoms with Gasteiger partial charge in [-0.25, -0.2) is 14.4 Å². The molecule has 0 aromatic carbocycles. The van der Waals surface area contributed by atoms with E-state index in [1.54, 1.807) is 20.8 Å². The van der Waals surface area contributed by atoms with Gasteiger partial charge in [-0.2, -0.15) is 13.8 Å². The number of halogens is 2. The Morgan fingerprint density at radius 3 is 2.71 bits per heavy atom. The molecule has 0 radical (unpaired) electrons. The van der Waals surface area contributed by atoms with Gasteiger partial charge in [-0.15, -0.1) is 0 Å². The summed E-state index contributed by atoms with van der Waals surface area (Å²) in [4.78, 5) is 27.4. The number of ether oxygens (including phenoxy) is 1. The van der Waals surface area contributed by atoms with Gasteiger partial charge in [0.05, 0.1) is 13.2 Å². The Balaban J connectivity index is 2.05. The second kappa shape index (κ2) is 12.2. The molecule has 1 aromatic heterocycles. The minimum atomic E-state index is -3.99. The third-order valence-electron chi connectivity index (χ3n) is 4.92. The summed E-state index contributed by atoms with van der Waals surface area (Å²) in [5, 5.41) is 12.7. The van der Waals surface area contributed by atoms with E-state index in [0.717, 1.165) is 30.4 Å². The quantitative estimate of drug-likeness (QED) is 0.264. The Bertz CT molecular complexity index is 976. The van der Waals surface area contributed by atoms with Crippen molar-refractivity contribution in [2.75, 3.05) is 31.2 Å². The van der Waals surface area contributed by atoms with Crippen LogP contribution in [0.25, 0.3) is 0 Å². The highest BCUT2D eigenvalue weighted by Gasteiger charge is 2.60. The first-order chi connectivity index (χ1) is 16.2. The fourth-order valence-corrected chi connectivity index (χ4v) is 5.18. The van der Waals surface area contributed by atoms with E-state index in [9.17, 15) is 28.0 Å². The maximum Gasteiger partial charge on any atom is 0.405 e. The van der Waals surface area contributed by atoms with Crippen molar-refractivity contribution in [1.29, 1.82) is 0 Å². The highest BCUT2D eigenvalue weighted by atomic mass is 32.2. The van der Waals surface area contributed by atoms with Crippen LogP contribution in [0.1, 0.15) is 46.8 Å². The fraction of sp³-hybridized carbons (Fsp3) is 0.750. The number of unbranched alkanes of at least 4 members (excludes halogenated alkanes) is 1. The number of carbonyl (C=O) groups excluding carboxylic acids is 1. The van der Waals surface area contributed by atoms with E-state index in [4.69, 9.17) is 19.5 Å². The summed E-state index contributed by atoms with van der Waals surface area (Å²) in [6, 6.07) is 1.14. The molecule has 200 valence electrons. The molecule has 1 aromatic rings. The van der Waals surface area contributed by atoms with Crippen molar-refractivity contribution in [2.24, 2.45) is 5.41 Å². The number of rotatable bonds is 12. The third kappa shape index (κ3) is 8.04. The van der Waals surface area contributed by atoms with Crippen LogP contribution in [-0.2, 0) is 23.1 Å². The molecule has 0 bridgehead atoms. The largest absolute Gasteiger partial charge is 0.405 e. The summed E-state index contributed by atoms with van der Waals surface area (Å²) < 4.78 is 59.0. The number of nitrogens with two attached hydrogens (primary N) is 1. The summed E-state index contributed by atoms with van der Waals surface area (Å²) in [5.41, 5.74) is 3.75. The van der Waals surface area contributed by atoms with Crippen molar-refractivity contribution in [3.05, 3.63) is 22.7 Å². The van der Waals surface area contributed by atoms with Crippen molar-refractivity contribution in [1.82, 2.24) is 14.6 Å². The van der Waals surface area contributed by atoms with Gasteiger partial charge in [-0.05, 0) is 12.5 Å². The molecule has 4 atom stereocenters. The minimum absolute atomic E-state index is 0.0704. The van der Waals surface area contributed by atoms with Crippen molar-refractivity contribution in [2.45, 2.75) is 64.9 Å². The molecule has 0 amide bonds. The van der Waals surface area contributed by atoms with Crippen LogP contribution in [0.5, 0.6) is 0 Å². The number of nitrogen functional groups attached to an aromatic ring is 1. The number of thioether (sulfide) groups is 1. The Kier molecular flexibility index (Phi) is 10.4. The lowest BCUT2D eigenvalue weighted by Crippen LogP contribution is -2.42. The number of carbonyl (C=O) groups is 1. The van der Waals surface area contributed by atoms with E-state index in [-0.39, 0.29) is 29.8 Å². The summed E-state index contributed by atoms with van der Waals surface area (Å²) in [6.07, 6.45) is -3.74. The molecule has 1 aliphatic heterocycles. The Morgan fingerprint density at radius 2 is 2.11 bits per heavy atom.